The Kier molecular flexibility index (Phi) is 1.23. The SMILES string of the molecule is C=C[Si]1OS(=O)(=O)O1. The van der Waals surface area contributed by atoms with Gasteiger partial charge < -0.3 is 0 Å². The van der Waals surface area contributed by atoms with Crippen LogP contribution in [0.2, 0.25) is 0 Å². The fraction of sp³-hybridized carbons (Fsp3) is 0. The summed E-state index contributed by atoms with van der Waals surface area (Å²) < 4.78 is 28.4. The van der Waals surface area contributed by atoms with Crippen molar-refractivity contribution in [2.45, 2.75) is 0 Å². The first kappa shape index (κ1) is 5.95. The first-order valence-corrected chi connectivity index (χ1v) is 4.50. The maximum Gasteiger partial charge on any atom is 0.453 e. The molecule has 0 bridgehead atoms. The molecule has 0 aliphatic carbocycles. The molecule has 1 heterocycles. The predicted octanol–water partition coefficient (Wildman–Crippen LogP) is -0.509. The lowest BCUT2D eigenvalue weighted by Gasteiger charge is -2.18. The van der Waals surface area contributed by atoms with Crippen molar-refractivity contribution in [2.24, 2.45) is 0 Å². The third-order valence-electron chi connectivity index (χ3n) is 0.535. The van der Waals surface area contributed by atoms with Crippen molar-refractivity contribution in [3.63, 3.8) is 0 Å². The fourth-order valence-electron chi connectivity index (χ4n) is 0.275. The molecule has 0 N–H and O–H groups in total. The molecule has 6 heteroatoms. The van der Waals surface area contributed by atoms with Gasteiger partial charge in [-0.25, -0.2) is 0 Å². The molecule has 0 atom stereocenters. The maximum atomic E-state index is 9.99. The van der Waals surface area contributed by atoms with E-state index in [1.54, 1.807) is 0 Å². The molecule has 1 saturated heterocycles. The van der Waals surface area contributed by atoms with Crippen LogP contribution in [0.15, 0.2) is 12.3 Å². The molecule has 0 saturated carbocycles. The Morgan fingerprint density at radius 2 is 2.00 bits per heavy atom. The van der Waals surface area contributed by atoms with Crippen molar-refractivity contribution in [1.29, 1.82) is 0 Å². The highest BCUT2D eigenvalue weighted by atomic mass is 32.3. The van der Waals surface area contributed by atoms with E-state index in [9.17, 15) is 8.42 Å². The van der Waals surface area contributed by atoms with Crippen LogP contribution in [0.25, 0.3) is 0 Å². The molecule has 0 amide bonds. The van der Waals surface area contributed by atoms with Crippen LogP contribution >= 0.6 is 0 Å². The lowest BCUT2D eigenvalue weighted by atomic mass is 11.3. The van der Waals surface area contributed by atoms with Crippen molar-refractivity contribution in [3.8, 4) is 0 Å². The zero-order chi connectivity index (χ0) is 6.20. The van der Waals surface area contributed by atoms with Gasteiger partial charge in [0.1, 0.15) is 0 Å². The van der Waals surface area contributed by atoms with Crippen molar-refractivity contribution < 1.29 is 16.2 Å². The molecule has 1 rings (SSSR count). The zero-order valence-corrected chi connectivity index (χ0v) is 5.64. The van der Waals surface area contributed by atoms with Gasteiger partial charge in [-0.15, -0.1) is 6.58 Å². The quantitative estimate of drug-likeness (QED) is 0.474. The molecule has 0 aromatic rings. The molecule has 0 unspecified atom stereocenters. The van der Waals surface area contributed by atoms with Gasteiger partial charge in [0.15, 0.2) is 0 Å². The molecule has 0 spiro atoms. The Balaban J connectivity index is 2.55. The molecule has 1 aliphatic rings. The average molecular weight is 151 g/mol. The molecule has 0 aromatic carbocycles. The lowest BCUT2D eigenvalue weighted by Crippen LogP contribution is -2.39. The van der Waals surface area contributed by atoms with Crippen LogP contribution in [0.3, 0.4) is 0 Å². The van der Waals surface area contributed by atoms with E-state index in [4.69, 9.17) is 0 Å². The largest absolute Gasteiger partial charge is 0.453 e. The van der Waals surface area contributed by atoms with Gasteiger partial charge in [-0.05, 0) is 5.70 Å². The van der Waals surface area contributed by atoms with Crippen LogP contribution < -0.4 is 0 Å². The second-order valence-electron chi connectivity index (χ2n) is 1.10. The minimum atomic E-state index is -3.57. The van der Waals surface area contributed by atoms with E-state index >= 15 is 0 Å². The monoisotopic (exact) mass is 151 g/mol. The summed E-state index contributed by atoms with van der Waals surface area (Å²) in [5, 5.41) is 0. The van der Waals surface area contributed by atoms with E-state index in [1.807, 2.05) is 0 Å². The van der Waals surface area contributed by atoms with Gasteiger partial charge >= 0.3 is 19.7 Å². The van der Waals surface area contributed by atoms with Gasteiger partial charge in [0.2, 0.25) is 0 Å². The summed E-state index contributed by atoms with van der Waals surface area (Å²) in [7, 11) is -5.19. The number of hydrogen-bond acceptors (Lipinski definition) is 4. The summed E-state index contributed by atoms with van der Waals surface area (Å²) in [6.07, 6.45) is 0. The van der Waals surface area contributed by atoms with Crippen molar-refractivity contribution in [1.82, 2.24) is 0 Å². The molecular formula is C2H3O4SSi. The van der Waals surface area contributed by atoms with Crippen molar-refractivity contribution in [2.75, 3.05) is 0 Å². The summed E-state index contributed by atoms with van der Waals surface area (Å²) in [6.45, 7) is 3.28. The Morgan fingerprint density at radius 3 is 2.12 bits per heavy atom. The van der Waals surface area contributed by atoms with Gasteiger partial charge in [-0.2, -0.15) is 8.42 Å². The summed E-state index contributed by atoms with van der Waals surface area (Å²) in [5.41, 5.74) is 1.35. The molecule has 8 heavy (non-hydrogen) atoms. The minimum Gasteiger partial charge on any atom is -0.255 e. The van der Waals surface area contributed by atoms with Crippen LogP contribution in [0.1, 0.15) is 0 Å². The Morgan fingerprint density at radius 1 is 1.50 bits per heavy atom. The maximum absolute atomic E-state index is 9.99. The number of hydrogen-bond donors (Lipinski definition) is 0. The van der Waals surface area contributed by atoms with E-state index in [1.165, 1.54) is 5.70 Å². The third kappa shape index (κ3) is 0.971. The smallest absolute Gasteiger partial charge is 0.255 e. The Labute approximate surface area is 48.9 Å². The third-order valence-corrected chi connectivity index (χ3v) is 3.82. The van der Waals surface area contributed by atoms with Gasteiger partial charge in [0, 0.05) is 0 Å². The Hall–Kier alpha value is -0.173. The van der Waals surface area contributed by atoms with Gasteiger partial charge in [-0.3, -0.25) is 7.74 Å². The van der Waals surface area contributed by atoms with Crippen molar-refractivity contribution >= 4 is 19.7 Å². The zero-order valence-electron chi connectivity index (χ0n) is 3.83. The molecule has 1 fully saturated rings. The molecule has 0 aromatic heterocycles. The summed E-state index contributed by atoms with van der Waals surface area (Å²) >= 11 is 0. The lowest BCUT2D eigenvalue weighted by molar-refractivity contribution is 0.297. The number of rotatable bonds is 1. The van der Waals surface area contributed by atoms with Crippen LogP contribution in [-0.4, -0.2) is 17.7 Å². The van der Waals surface area contributed by atoms with Crippen molar-refractivity contribution in [3.05, 3.63) is 12.3 Å². The van der Waals surface area contributed by atoms with Gasteiger partial charge in [-0.1, -0.05) is 0 Å². The highest BCUT2D eigenvalue weighted by Crippen LogP contribution is 2.13. The van der Waals surface area contributed by atoms with Crippen LogP contribution in [-0.2, 0) is 18.1 Å². The van der Waals surface area contributed by atoms with Gasteiger partial charge in [0.25, 0.3) is 0 Å². The minimum absolute atomic E-state index is 1.35. The summed E-state index contributed by atoms with van der Waals surface area (Å²) in [6, 6.07) is 0. The van der Waals surface area contributed by atoms with E-state index in [-0.39, 0.29) is 0 Å². The van der Waals surface area contributed by atoms with E-state index < -0.39 is 19.7 Å². The van der Waals surface area contributed by atoms with E-state index in [2.05, 4.69) is 14.3 Å². The molecule has 1 radical (unpaired) electrons. The summed E-state index contributed by atoms with van der Waals surface area (Å²) in [4.78, 5) is 0. The second-order valence-corrected chi connectivity index (χ2v) is 4.29. The van der Waals surface area contributed by atoms with Gasteiger partial charge in [0.05, 0.1) is 0 Å². The molecule has 45 valence electrons. The average Bonchev–Trinajstić information content (AvgIpc) is 1.60. The van der Waals surface area contributed by atoms with Crippen LogP contribution in [0, 0.1) is 0 Å². The second kappa shape index (κ2) is 1.66. The first-order valence-electron chi connectivity index (χ1n) is 1.77. The first-order chi connectivity index (χ1) is 3.64. The predicted molar refractivity (Wildman–Crippen MR) is 27.0 cm³/mol. The van der Waals surface area contributed by atoms with E-state index in [0.29, 0.717) is 0 Å². The highest BCUT2D eigenvalue weighted by molar-refractivity contribution is 7.86. The topological polar surface area (TPSA) is 52.6 Å². The molecule has 4 nitrogen and oxygen atoms in total. The normalized spacial score (nSPS) is 26.5. The highest BCUT2D eigenvalue weighted by Gasteiger charge is 2.37. The molecule has 1 aliphatic heterocycles. The summed E-state index contributed by atoms with van der Waals surface area (Å²) in [5.74, 6) is 0. The Bertz CT molecular complexity index is 182. The van der Waals surface area contributed by atoms with E-state index in [0.717, 1.165) is 0 Å². The van der Waals surface area contributed by atoms with Crippen LogP contribution in [0.5, 0.6) is 0 Å². The van der Waals surface area contributed by atoms with Crippen LogP contribution in [0.4, 0.5) is 0 Å². The molecular weight excluding hydrogens is 148 g/mol. The fourth-order valence-corrected chi connectivity index (χ4v) is 2.48. The standard InChI is InChI=1S/C2H3O4SSi/c1-2-8-5-7(3,4)6-8/h2H,1H2.